The molecule has 0 heterocycles. The Morgan fingerprint density at radius 3 is 1.00 bits per heavy atom. The van der Waals surface area contributed by atoms with Crippen LogP contribution in [-0.4, -0.2) is 132 Å². The highest BCUT2D eigenvalue weighted by atomic mass is 16.6. The van der Waals surface area contributed by atoms with Crippen molar-refractivity contribution >= 4 is 0 Å². The molecule has 0 spiro atoms. The van der Waals surface area contributed by atoms with Crippen LogP contribution in [0.15, 0.2) is 54.6 Å². The van der Waals surface area contributed by atoms with Gasteiger partial charge in [-0.3, -0.25) is 0 Å². The number of benzene rings is 2. The summed E-state index contributed by atoms with van der Waals surface area (Å²) < 4.78 is 61.0. The molecule has 292 valence electrons. The average Bonchev–Trinajstić information content (AvgIpc) is 3.16. The van der Waals surface area contributed by atoms with E-state index in [-0.39, 0.29) is 0 Å². The van der Waals surface area contributed by atoms with E-state index >= 15 is 0 Å². The van der Waals surface area contributed by atoms with E-state index in [1.165, 1.54) is 44.1 Å². The fourth-order valence-corrected chi connectivity index (χ4v) is 4.68. The maximum Gasteiger partial charge on any atom is 0.119 e. The number of hydrogen-bond donors (Lipinski definition) is 0. The van der Waals surface area contributed by atoms with Crippen molar-refractivity contribution in [2.45, 2.75) is 51.9 Å². The van der Waals surface area contributed by atoms with Crippen molar-refractivity contribution in [3.63, 3.8) is 0 Å². The van der Waals surface area contributed by atoms with Crippen molar-refractivity contribution in [3.8, 4) is 11.5 Å². The van der Waals surface area contributed by atoms with Gasteiger partial charge in [-0.05, 0) is 42.7 Å². The molecule has 2 aromatic rings. The monoisotopic (exact) mass is 722 g/mol. The van der Waals surface area contributed by atoms with E-state index in [1.807, 2.05) is 30.3 Å². The lowest BCUT2D eigenvalue weighted by Crippen LogP contribution is -2.15. The maximum absolute atomic E-state index is 5.78. The molecule has 0 amide bonds. The first-order valence-electron chi connectivity index (χ1n) is 19.0. The molecule has 11 nitrogen and oxygen atoms in total. The minimum Gasteiger partial charge on any atom is -0.491 e. The summed E-state index contributed by atoms with van der Waals surface area (Å²) in [6, 6.07) is 18.1. The molecule has 0 saturated heterocycles. The Balaban J connectivity index is 1.17. The molecule has 0 aliphatic rings. The molecule has 2 rings (SSSR count). The predicted molar refractivity (Wildman–Crippen MR) is 198 cm³/mol. The SMILES string of the molecule is CCCCCCCCc1ccc(OCCOCCOCCOCCOCCOCCOCCOCCOCCOCCOc2ccccc2)cc1. The van der Waals surface area contributed by atoms with Gasteiger partial charge in [-0.25, -0.2) is 0 Å². The van der Waals surface area contributed by atoms with Crippen molar-refractivity contribution in [2.24, 2.45) is 0 Å². The van der Waals surface area contributed by atoms with Crippen LogP contribution in [-0.2, 0) is 49.1 Å². The van der Waals surface area contributed by atoms with Gasteiger partial charge < -0.3 is 52.1 Å². The minimum atomic E-state index is 0.515. The number of unbranched alkanes of at least 4 members (excludes halogenated alkanes) is 5. The fraction of sp³-hybridized carbons (Fsp3) is 0.700. The molecule has 0 aromatic heterocycles. The summed E-state index contributed by atoms with van der Waals surface area (Å²) in [5, 5.41) is 0. The van der Waals surface area contributed by atoms with E-state index < -0.39 is 0 Å². The van der Waals surface area contributed by atoms with Crippen molar-refractivity contribution in [1.29, 1.82) is 0 Å². The van der Waals surface area contributed by atoms with Crippen LogP contribution in [0, 0.1) is 0 Å². The third-order valence-electron chi connectivity index (χ3n) is 7.45. The zero-order valence-corrected chi connectivity index (χ0v) is 31.3. The highest BCUT2D eigenvalue weighted by Crippen LogP contribution is 2.15. The summed E-state index contributed by atoms with van der Waals surface area (Å²) in [5.74, 6) is 1.73. The van der Waals surface area contributed by atoms with Crippen LogP contribution in [0.4, 0.5) is 0 Å². The lowest BCUT2D eigenvalue weighted by atomic mass is 10.0. The molecule has 0 aliphatic carbocycles. The Morgan fingerprint density at radius 1 is 0.314 bits per heavy atom. The van der Waals surface area contributed by atoms with E-state index in [1.54, 1.807) is 0 Å². The molecule has 2 aromatic carbocycles. The van der Waals surface area contributed by atoms with E-state index in [0.29, 0.717) is 132 Å². The second kappa shape index (κ2) is 36.1. The first kappa shape index (κ1) is 44.8. The van der Waals surface area contributed by atoms with E-state index in [0.717, 1.165) is 17.9 Å². The number of para-hydroxylation sites is 1. The van der Waals surface area contributed by atoms with E-state index in [2.05, 4.69) is 31.2 Å². The van der Waals surface area contributed by atoms with Crippen LogP contribution in [0.1, 0.15) is 51.0 Å². The highest BCUT2D eigenvalue weighted by molar-refractivity contribution is 5.27. The van der Waals surface area contributed by atoms with Gasteiger partial charge in [0.1, 0.15) is 24.7 Å². The highest BCUT2D eigenvalue weighted by Gasteiger charge is 1.99. The van der Waals surface area contributed by atoms with Crippen molar-refractivity contribution in [2.75, 3.05) is 132 Å². The minimum absolute atomic E-state index is 0.515. The first-order valence-corrected chi connectivity index (χ1v) is 19.0. The standard InChI is InChI=1S/C40H66O11/c1-2-3-4-5-6-8-11-38-14-16-40(17-15-38)51-37-35-49-33-31-47-29-27-45-25-23-43-21-19-41-18-20-42-22-24-44-26-28-46-30-32-48-34-36-50-39-12-9-7-10-13-39/h7,9-10,12-17H,2-6,8,11,18-37H2,1H3. The third kappa shape index (κ3) is 29.9. The normalized spacial score (nSPS) is 11.3. The quantitative estimate of drug-likeness (QED) is 0.0738. The molecule has 0 atom stereocenters. The molecule has 0 bridgehead atoms. The Labute approximate surface area is 307 Å². The van der Waals surface area contributed by atoms with Crippen molar-refractivity contribution in [3.05, 3.63) is 60.2 Å². The van der Waals surface area contributed by atoms with Gasteiger partial charge in [0.05, 0.1) is 119 Å². The van der Waals surface area contributed by atoms with Crippen LogP contribution in [0.2, 0.25) is 0 Å². The smallest absolute Gasteiger partial charge is 0.119 e. The van der Waals surface area contributed by atoms with Gasteiger partial charge in [0, 0.05) is 0 Å². The molecule has 0 fully saturated rings. The predicted octanol–water partition coefficient (Wildman–Crippen LogP) is 6.20. The van der Waals surface area contributed by atoms with Gasteiger partial charge in [-0.1, -0.05) is 69.4 Å². The van der Waals surface area contributed by atoms with Gasteiger partial charge in [0.15, 0.2) is 0 Å². The molecule has 51 heavy (non-hydrogen) atoms. The lowest BCUT2D eigenvalue weighted by molar-refractivity contribution is -0.0257. The first-order chi connectivity index (χ1) is 25.4. The van der Waals surface area contributed by atoms with Crippen molar-refractivity contribution < 1.29 is 52.1 Å². The van der Waals surface area contributed by atoms with E-state index in [9.17, 15) is 0 Å². The van der Waals surface area contributed by atoms with Gasteiger partial charge in [0.2, 0.25) is 0 Å². The number of ether oxygens (including phenoxy) is 11. The summed E-state index contributed by atoms with van der Waals surface area (Å²) in [6.07, 6.45) is 9.09. The number of aryl methyl sites for hydroxylation is 1. The zero-order chi connectivity index (χ0) is 36.0. The zero-order valence-electron chi connectivity index (χ0n) is 31.3. The second-order valence-corrected chi connectivity index (χ2v) is 11.7. The number of hydrogen-bond acceptors (Lipinski definition) is 11. The molecule has 0 N–H and O–H groups in total. The maximum atomic E-state index is 5.78. The summed E-state index contributed by atoms with van der Waals surface area (Å²) in [6.45, 7) is 12.7. The van der Waals surface area contributed by atoms with Gasteiger partial charge in [-0.2, -0.15) is 0 Å². The molecule has 11 heteroatoms. The second-order valence-electron chi connectivity index (χ2n) is 11.7. The Morgan fingerprint density at radius 2 is 0.627 bits per heavy atom. The fourth-order valence-electron chi connectivity index (χ4n) is 4.68. The summed E-state index contributed by atoms with van der Waals surface area (Å²) in [7, 11) is 0. The van der Waals surface area contributed by atoms with Gasteiger partial charge in [-0.15, -0.1) is 0 Å². The molecular formula is C40H66O11. The van der Waals surface area contributed by atoms with Crippen LogP contribution in [0.5, 0.6) is 11.5 Å². The van der Waals surface area contributed by atoms with Gasteiger partial charge >= 0.3 is 0 Å². The topological polar surface area (TPSA) is 102 Å². The van der Waals surface area contributed by atoms with Crippen LogP contribution in [0.25, 0.3) is 0 Å². The van der Waals surface area contributed by atoms with Crippen LogP contribution < -0.4 is 9.47 Å². The molecule has 0 saturated carbocycles. The third-order valence-corrected chi connectivity index (χ3v) is 7.45. The van der Waals surface area contributed by atoms with Crippen LogP contribution >= 0.6 is 0 Å². The average molecular weight is 723 g/mol. The molecule has 0 radical (unpaired) electrons. The Kier molecular flexibility index (Phi) is 31.7. The number of rotatable bonds is 39. The van der Waals surface area contributed by atoms with Crippen LogP contribution in [0.3, 0.4) is 0 Å². The van der Waals surface area contributed by atoms with Gasteiger partial charge in [0.25, 0.3) is 0 Å². The Bertz CT molecular complexity index is 965. The summed E-state index contributed by atoms with van der Waals surface area (Å²) >= 11 is 0. The molecular weight excluding hydrogens is 656 g/mol. The molecule has 0 aliphatic heterocycles. The van der Waals surface area contributed by atoms with Crippen molar-refractivity contribution in [1.82, 2.24) is 0 Å². The molecule has 0 unspecified atom stereocenters. The largest absolute Gasteiger partial charge is 0.491 e. The summed E-state index contributed by atoms with van der Waals surface area (Å²) in [5.41, 5.74) is 1.38. The van der Waals surface area contributed by atoms with E-state index in [4.69, 9.17) is 52.1 Å². The lowest BCUT2D eigenvalue weighted by Gasteiger charge is -2.09. The summed E-state index contributed by atoms with van der Waals surface area (Å²) in [4.78, 5) is 0. The Hall–Kier alpha value is -2.32.